The summed E-state index contributed by atoms with van der Waals surface area (Å²) in [6, 6.07) is 19.6. The third kappa shape index (κ3) is 5.30. The summed E-state index contributed by atoms with van der Waals surface area (Å²) in [6.45, 7) is 30.7. The van der Waals surface area contributed by atoms with Crippen LogP contribution in [-0.2, 0) is 17.3 Å². The van der Waals surface area contributed by atoms with Crippen LogP contribution in [0.2, 0.25) is 0 Å². The van der Waals surface area contributed by atoms with Gasteiger partial charge in [0.2, 0.25) is 0 Å². The van der Waals surface area contributed by atoms with Crippen molar-refractivity contribution in [3.05, 3.63) is 77.7 Å². The van der Waals surface area contributed by atoms with Crippen molar-refractivity contribution in [3.8, 4) is 0 Å². The van der Waals surface area contributed by atoms with Crippen molar-refractivity contribution in [2.75, 3.05) is 0 Å². The molecule has 1 unspecified atom stereocenters. The summed E-state index contributed by atoms with van der Waals surface area (Å²) in [7, 11) is 0. The second-order valence-corrected chi connectivity index (χ2v) is 15.9. The molecule has 0 saturated heterocycles. The van der Waals surface area contributed by atoms with E-state index in [1.807, 2.05) is 24.4 Å². The molecule has 4 rings (SSSR count). The Labute approximate surface area is 249 Å². The molecule has 0 N–H and O–H groups in total. The Balaban J connectivity index is 1.79. The molecule has 0 fully saturated rings. The van der Waals surface area contributed by atoms with Crippen LogP contribution in [0, 0.1) is 28.1 Å². The maximum absolute atomic E-state index is 5.39. The molecule has 0 radical (unpaired) electrons. The van der Waals surface area contributed by atoms with Gasteiger partial charge in [0.15, 0.2) is 0 Å². The van der Waals surface area contributed by atoms with Gasteiger partial charge < -0.3 is 0 Å². The molecule has 3 nitrogen and oxygen atoms in total. The first-order chi connectivity index (χ1) is 18.8. The average Bonchev–Trinajstić information content (AvgIpc) is 2.89. The van der Waals surface area contributed by atoms with Crippen LogP contribution in [0.1, 0.15) is 107 Å². The van der Waals surface area contributed by atoms with Gasteiger partial charge in [-0.3, -0.25) is 9.97 Å². The molecule has 2 aromatic heterocycles. The molecule has 2 heterocycles. The molecule has 3 atom stereocenters. The van der Waals surface area contributed by atoms with Crippen LogP contribution >= 0.6 is 0 Å². The third-order valence-electron chi connectivity index (χ3n) is 11.2. The van der Waals surface area contributed by atoms with Gasteiger partial charge in [-0.05, 0) is 64.3 Å². The predicted molar refractivity (Wildman–Crippen MR) is 176 cm³/mol. The zero-order valence-electron chi connectivity index (χ0n) is 28.0. The molecule has 2 aromatic carbocycles. The third-order valence-corrected chi connectivity index (χ3v) is 11.2. The molecule has 0 aliphatic carbocycles. The molecule has 3 heteroatoms. The highest BCUT2D eigenvalue weighted by atomic mass is 14.8. The van der Waals surface area contributed by atoms with E-state index in [0.717, 1.165) is 28.7 Å². The topological polar surface area (TPSA) is 38.7 Å². The molecule has 41 heavy (non-hydrogen) atoms. The van der Waals surface area contributed by atoms with Gasteiger partial charge in [0.25, 0.3) is 0 Å². The van der Waals surface area contributed by atoms with Crippen molar-refractivity contribution in [1.82, 2.24) is 15.0 Å². The summed E-state index contributed by atoms with van der Waals surface area (Å²) >= 11 is 0. The number of benzene rings is 2. The Morgan fingerprint density at radius 3 is 1.80 bits per heavy atom. The van der Waals surface area contributed by atoms with Gasteiger partial charge in [0.1, 0.15) is 0 Å². The smallest absolute Gasteiger partial charge is 0.0890 e. The van der Waals surface area contributed by atoms with Crippen LogP contribution in [0.4, 0.5) is 0 Å². The van der Waals surface area contributed by atoms with E-state index in [9.17, 15) is 0 Å². The van der Waals surface area contributed by atoms with Crippen LogP contribution in [0.3, 0.4) is 0 Å². The lowest BCUT2D eigenvalue weighted by atomic mass is 9.51. The first kappa shape index (κ1) is 31.1. The van der Waals surface area contributed by atoms with Crippen LogP contribution in [-0.4, -0.2) is 15.0 Å². The number of rotatable bonds is 7. The van der Waals surface area contributed by atoms with E-state index in [1.54, 1.807) is 0 Å². The number of hydrogen-bond donors (Lipinski definition) is 0. The number of aromatic nitrogens is 3. The van der Waals surface area contributed by atoms with Gasteiger partial charge in [0, 0.05) is 28.1 Å². The Morgan fingerprint density at radius 2 is 1.22 bits per heavy atom. The fourth-order valence-corrected chi connectivity index (χ4v) is 7.16. The van der Waals surface area contributed by atoms with Crippen LogP contribution in [0.5, 0.6) is 0 Å². The molecule has 0 aliphatic rings. The fraction of sp³-hybridized carbons (Fsp3) is 0.553. The molecule has 0 saturated carbocycles. The Morgan fingerprint density at radius 1 is 0.634 bits per heavy atom. The van der Waals surface area contributed by atoms with Crippen molar-refractivity contribution in [2.45, 2.75) is 107 Å². The monoisotopic (exact) mass is 551 g/mol. The summed E-state index contributed by atoms with van der Waals surface area (Å²) in [5, 5.41) is 1.20. The van der Waals surface area contributed by atoms with E-state index in [0.29, 0.717) is 11.8 Å². The standard InChI is InChI=1S/C38H53N3/c1-25(2)26(3)37(12,34(4,5)6)32-21-20-28-19-18-27(22-31(28)41-32)23-36(10,11)38(13,35(7,8)9)33-24-39-29-16-14-15-17-30(29)40-33/h14-22,24-26H,23H2,1-13H3/t26?,37-,38-/m1/s1. The maximum Gasteiger partial charge on any atom is 0.0890 e. The van der Waals surface area contributed by atoms with Crippen LogP contribution in [0.25, 0.3) is 21.9 Å². The number of para-hydroxylation sites is 2. The molecule has 0 spiro atoms. The highest BCUT2D eigenvalue weighted by molar-refractivity contribution is 5.79. The van der Waals surface area contributed by atoms with Gasteiger partial charge in [-0.1, -0.05) is 120 Å². The average molecular weight is 552 g/mol. The lowest BCUT2D eigenvalue weighted by Crippen LogP contribution is -2.51. The first-order valence-corrected chi connectivity index (χ1v) is 15.5. The van der Waals surface area contributed by atoms with Gasteiger partial charge >= 0.3 is 0 Å². The molecule has 4 aromatic rings. The summed E-state index contributed by atoms with van der Waals surface area (Å²) in [5.41, 5.74) is 6.18. The molecule has 0 bridgehead atoms. The SMILES string of the molecule is CC(C)C(C)[C@](C)(c1ccc2ccc(CC(C)(C)[C@](C)(c3cnc4ccccc4n3)C(C)(C)C)cc2n1)C(C)(C)C. The first-order valence-electron chi connectivity index (χ1n) is 15.5. The minimum absolute atomic E-state index is 0.0442. The molecule has 220 valence electrons. The number of nitrogens with zero attached hydrogens (tertiary/aromatic N) is 3. The second kappa shape index (κ2) is 10.5. The zero-order valence-corrected chi connectivity index (χ0v) is 28.0. The summed E-state index contributed by atoms with van der Waals surface area (Å²) in [4.78, 5) is 15.4. The van der Waals surface area contributed by atoms with E-state index >= 15 is 0 Å². The van der Waals surface area contributed by atoms with E-state index in [-0.39, 0.29) is 27.1 Å². The Hall–Kier alpha value is -2.81. The van der Waals surface area contributed by atoms with Crippen LogP contribution in [0.15, 0.2) is 60.8 Å². The van der Waals surface area contributed by atoms with Gasteiger partial charge in [-0.15, -0.1) is 0 Å². The summed E-state index contributed by atoms with van der Waals surface area (Å²) in [6.07, 6.45) is 2.92. The van der Waals surface area contributed by atoms with Crippen molar-refractivity contribution in [1.29, 1.82) is 0 Å². The summed E-state index contributed by atoms with van der Waals surface area (Å²) in [5.74, 6) is 1.06. The highest BCUT2D eigenvalue weighted by Crippen LogP contribution is 2.54. The predicted octanol–water partition coefficient (Wildman–Crippen LogP) is 10.3. The number of pyridine rings is 1. The Kier molecular flexibility index (Phi) is 7.95. The maximum atomic E-state index is 5.39. The quantitative estimate of drug-likeness (QED) is 0.229. The highest BCUT2D eigenvalue weighted by Gasteiger charge is 2.51. The normalized spacial score (nSPS) is 17.0. The zero-order chi connectivity index (χ0) is 30.6. The Bertz CT molecular complexity index is 1530. The van der Waals surface area contributed by atoms with Gasteiger partial charge in [-0.2, -0.15) is 0 Å². The van der Waals surface area contributed by atoms with Gasteiger partial charge in [0.05, 0.1) is 22.2 Å². The molecular formula is C38H53N3. The van der Waals surface area contributed by atoms with Gasteiger partial charge in [-0.25, -0.2) is 4.98 Å². The van der Waals surface area contributed by atoms with E-state index in [1.165, 1.54) is 16.6 Å². The number of hydrogen-bond acceptors (Lipinski definition) is 3. The van der Waals surface area contributed by atoms with E-state index < -0.39 is 0 Å². The second-order valence-electron chi connectivity index (χ2n) is 15.9. The largest absolute Gasteiger partial charge is 0.253 e. The number of fused-ring (bicyclic) bond motifs is 2. The van der Waals surface area contributed by atoms with Crippen molar-refractivity contribution in [3.63, 3.8) is 0 Å². The van der Waals surface area contributed by atoms with Crippen molar-refractivity contribution in [2.24, 2.45) is 28.1 Å². The minimum Gasteiger partial charge on any atom is -0.253 e. The fourth-order valence-electron chi connectivity index (χ4n) is 7.16. The van der Waals surface area contributed by atoms with E-state index in [2.05, 4.69) is 126 Å². The van der Waals surface area contributed by atoms with Crippen molar-refractivity contribution < 1.29 is 0 Å². The van der Waals surface area contributed by atoms with E-state index in [4.69, 9.17) is 15.0 Å². The lowest BCUT2D eigenvalue weighted by molar-refractivity contribution is 0.0506. The lowest BCUT2D eigenvalue weighted by Gasteiger charge is -2.52. The van der Waals surface area contributed by atoms with Crippen molar-refractivity contribution >= 4 is 21.9 Å². The minimum atomic E-state index is -0.237. The molecular weight excluding hydrogens is 498 g/mol. The van der Waals surface area contributed by atoms with Crippen LogP contribution < -0.4 is 0 Å². The molecule has 0 aliphatic heterocycles. The summed E-state index contributed by atoms with van der Waals surface area (Å²) < 4.78 is 0. The molecule has 0 amide bonds.